The maximum Gasteiger partial charge on any atom is 0.267 e. The van der Waals surface area contributed by atoms with Gasteiger partial charge in [0.25, 0.3) is 10.1 Å². The van der Waals surface area contributed by atoms with Crippen LogP contribution in [-0.4, -0.2) is 30.7 Å². The second-order valence-electron chi connectivity index (χ2n) is 2.87. The fraction of sp³-hybridized carbons (Fsp3) is 0.800. The lowest BCUT2D eigenvalue weighted by Crippen LogP contribution is -2.44. The van der Waals surface area contributed by atoms with Crippen LogP contribution >= 0.6 is 0 Å². The van der Waals surface area contributed by atoms with Crippen molar-refractivity contribution < 1.29 is 17.8 Å². The van der Waals surface area contributed by atoms with Crippen LogP contribution in [0.1, 0.15) is 13.8 Å². The monoisotopic (exact) mass is 181 g/mol. The molecule has 11 heavy (non-hydrogen) atoms. The van der Waals surface area contributed by atoms with E-state index in [1.54, 1.807) is 0 Å². The van der Waals surface area contributed by atoms with Crippen LogP contribution in [0, 0.1) is 0 Å². The number of hydrogen-bond donors (Lipinski definition) is 2. The maximum absolute atomic E-state index is 10.3. The molecule has 0 unspecified atom stereocenters. The fourth-order valence-corrected chi connectivity index (χ4v) is 1.65. The first kappa shape index (κ1) is 10.4. The number of carbonyl (C=O) groups is 1. The molecule has 0 aliphatic rings. The Bertz CT molecular complexity index is 231. The van der Waals surface area contributed by atoms with Crippen molar-refractivity contribution >= 4 is 16.5 Å². The zero-order valence-electron chi connectivity index (χ0n) is 6.36. The van der Waals surface area contributed by atoms with Gasteiger partial charge in [0, 0.05) is 0 Å². The Kier molecular flexibility index (Phi) is 3.01. The molecule has 0 atom stereocenters. The Labute approximate surface area is 65.5 Å². The lowest BCUT2D eigenvalue weighted by Gasteiger charge is -2.21. The van der Waals surface area contributed by atoms with Crippen molar-refractivity contribution in [2.45, 2.75) is 19.4 Å². The summed E-state index contributed by atoms with van der Waals surface area (Å²) in [6.07, 6.45) is 0.394. The molecule has 0 radical (unpaired) electrons. The molecule has 0 rings (SSSR count). The van der Waals surface area contributed by atoms with Gasteiger partial charge in [-0.1, -0.05) is 0 Å². The average Bonchev–Trinajstić information content (AvgIpc) is 1.55. The second-order valence-corrected chi connectivity index (χ2v) is 4.32. The molecule has 5 nitrogen and oxygen atoms in total. The molecule has 66 valence electrons. The third-order valence-electron chi connectivity index (χ3n) is 0.993. The van der Waals surface area contributed by atoms with Gasteiger partial charge in [-0.15, -0.1) is 0 Å². The van der Waals surface area contributed by atoms with Crippen molar-refractivity contribution in [2.75, 3.05) is 5.75 Å². The van der Waals surface area contributed by atoms with Gasteiger partial charge in [0.15, 0.2) is 0 Å². The summed E-state index contributed by atoms with van der Waals surface area (Å²) in [5.41, 5.74) is -0.921. The SMILES string of the molecule is CC(C)(CS(=O)(=O)O)NC=O. The zero-order valence-corrected chi connectivity index (χ0v) is 7.18. The van der Waals surface area contributed by atoms with E-state index in [0.717, 1.165) is 0 Å². The van der Waals surface area contributed by atoms with Crippen molar-refractivity contribution in [3.05, 3.63) is 0 Å². The predicted octanol–water partition coefficient (Wildman–Crippen LogP) is -0.601. The summed E-state index contributed by atoms with van der Waals surface area (Å²) in [4.78, 5) is 9.92. The minimum Gasteiger partial charge on any atom is -0.353 e. The molecule has 0 aliphatic heterocycles. The number of carbonyl (C=O) groups excluding carboxylic acids is 1. The summed E-state index contributed by atoms with van der Waals surface area (Å²) in [6.45, 7) is 2.99. The smallest absolute Gasteiger partial charge is 0.267 e. The second kappa shape index (κ2) is 3.19. The highest BCUT2D eigenvalue weighted by molar-refractivity contribution is 7.85. The van der Waals surface area contributed by atoms with Gasteiger partial charge in [0.05, 0.1) is 11.3 Å². The van der Waals surface area contributed by atoms with Crippen LogP contribution in [0.4, 0.5) is 0 Å². The van der Waals surface area contributed by atoms with E-state index in [0.29, 0.717) is 6.41 Å². The molecule has 0 fully saturated rings. The van der Waals surface area contributed by atoms with E-state index in [4.69, 9.17) is 4.55 Å². The molecule has 0 aliphatic carbocycles. The zero-order chi connectivity index (χ0) is 9.12. The minimum atomic E-state index is -4.03. The Hall–Kier alpha value is -0.620. The van der Waals surface area contributed by atoms with Gasteiger partial charge in [-0.2, -0.15) is 8.42 Å². The topological polar surface area (TPSA) is 83.5 Å². The van der Waals surface area contributed by atoms with Crippen molar-refractivity contribution in [3.8, 4) is 0 Å². The summed E-state index contributed by atoms with van der Waals surface area (Å²) in [6, 6.07) is 0. The van der Waals surface area contributed by atoms with Crippen molar-refractivity contribution in [1.82, 2.24) is 5.32 Å². The quantitative estimate of drug-likeness (QED) is 0.448. The lowest BCUT2D eigenvalue weighted by atomic mass is 10.1. The first-order chi connectivity index (χ1) is 4.77. The molecule has 0 aromatic rings. The number of amides is 1. The van der Waals surface area contributed by atoms with Crippen LogP contribution < -0.4 is 5.32 Å². The van der Waals surface area contributed by atoms with E-state index in [1.807, 2.05) is 0 Å². The highest BCUT2D eigenvalue weighted by atomic mass is 32.2. The molecule has 6 heteroatoms. The first-order valence-corrected chi connectivity index (χ1v) is 4.54. The minimum absolute atomic E-state index is 0.394. The van der Waals surface area contributed by atoms with E-state index in [2.05, 4.69) is 5.32 Å². The third kappa shape index (κ3) is 5.81. The van der Waals surface area contributed by atoms with E-state index in [9.17, 15) is 13.2 Å². The molecule has 0 heterocycles. The summed E-state index contributed by atoms with van der Waals surface area (Å²) >= 11 is 0. The Balaban J connectivity index is 4.24. The van der Waals surface area contributed by atoms with Gasteiger partial charge < -0.3 is 5.32 Å². The molecule has 0 saturated carbocycles. The molecule has 0 spiro atoms. The van der Waals surface area contributed by atoms with Gasteiger partial charge in [-0.25, -0.2) is 0 Å². The summed E-state index contributed by atoms with van der Waals surface area (Å²) in [5, 5.41) is 2.26. The van der Waals surface area contributed by atoms with Crippen LogP contribution in [0.15, 0.2) is 0 Å². The molecular formula is C5H11NO4S. The van der Waals surface area contributed by atoms with Gasteiger partial charge >= 0.3 is 0 Å². The van der Waals surface area contributed by atoms with Crippen LogP contribution in [-0.2, 0) is 14.9 Å². The highest BCUT2D eigenvalue weighted by Gasteiger charge is 2.23. The third-order valence-corrected chi connectivity index (χ3v) is 2.08. The summed E-state index contributed by atoms with van der Waals surface area (Å²) in [5.74, 6) is -0.487. The molecule has 0 saturated heterocycles. The number of hydrogen-bond acceptors (Lipinski definition) is 3. The Morgan fingerprint density at radius 1 is 1.55 bits per heavy atom. The van der Waals surface area contributed by atoms with Gasteiger partial charge in [0.2, 0.25) is 6.41 Å². The molecule has 1 amide bonds. The molecular weight excluding hydrogens is 170 g/mol. The number of rotatable bonds is 4. The maximum atomic E-state index is 10.3. The van der Waals surface area contributed by atoms with Gasteiger partial charge in [-0.3, -0.25) is 9.35 Å². The van der Waals surface area contributed by atoms with Crippen molar-refractivity contribution in [3.63, 3.8) is 0 Å². The lowest BCUT2D eigenvalue weighted by molar-refractivity contribution is -0.110. The van der Waals surface area contributed by atoms with E-state index in [1.165, 1.54) is 13.8 Å². The molecule has 0 bridgehead atoms. The Morgan fingerprint density at radius 2 is 2.00 bits per heavy atom. The molecule has 2 N–H and O–H groups in total. The van der Waals surface area contributed by atoms with E-state index in [-0.39, 0.29) is 0 Å². The Morgan fingerprint density at radius 3 is 2.27 bits per heavy atom. The van der Waals surface area contributed by atoms with Gasteiger partial charge in [-0.05, 0) is 13.8 Å². The normalized spacial score (nSPS) is 12.6. The largest absolute Gasteiger partial charge is 0.353 e. The summed E-state index contributed by atoms with van der Waals surface area (Å²) < 4.78 is 29.0. The average molecular weight is 181 g/mol. The first-order valence-electron chi connectivity index (χ1n) is 2.93. The van der Waals surface area contributed by atoms with Crippen LogP contribution in [0.25, 0.3) is 0 Å². The number of nitrogens with one attached hydrogen (secondary N) is 1. The van der Waals surface area contributed by atoms with E-state index < -0.39 is 21.4 Å². The van der Waals surface area contributed by atoms with Gasteiger partial charge in [0.1, 0.15) is 0 Å². The van der Waals surface area contributed by atoms with Crippen LogP contribution in [0.3, 0.4) is 0 Å². The van der Waals surface area contributed by atoms with E-state index >= 15 is 0 Å². The molecule has 0 aromatic carbocycles. The fourth-order valence-electron chi connectivity index (χ4n) is 0.657. The van der Waals surface area contributed by atoms with Crippen LogP contribution in [0.5, 0.6) is 0 Å². The predicted molar refractivity (Wildman–Crippen MR) is 39.7 cm³/mol. The molecule has 0 aromatic heterocycles. The highest BCUT2D eigenvalue weighted by Crippen LogP contribution is 2.03. The summed E-state index contributed by atoms with van der Waals surface area (Å²) in [7, 11) is -4.03. The van der Waals surface area contributed by atoms with Crippen molar-refractivity contribution in [2.24, 2.45) is 0 Å². The van der Waals surface area contributed by atoms with Crippen molar-refractivity contribution in [1.29, 1.82) is 0 Å². The standard InChI is InChI=1S/C5H11NO4S/c1-5(2,6-4-7)3-11(8,9)10/h4H,3H2,1-2H3,(H,6,7)(H,8,9,10). The van der Waals surface area contributed by atoms with Crippen LogP contribution in [0.2, 0.25) is 0 Å².